The van der Waals surface area contributed by atoms with Gasteiger partial charge in [0.05, 0.1) is 0 Å². The molecule has 0 aliphatic rings. The Hall–Kier alpha value is -2.26. The van der Waals surface area contributed by atoms with E-state index in [9.17, 15) is 0 Å². The van der Waals surface area contributed by atoms with E-state index >= 15 is 0 Å². The van der Waals surface area contributed by atoms with E-state index in [1.54, 1.807) is 6.08 Å². The van der Waals surface area contributed by atoms with Gasteiger partial charge in [0.1, 0.15) is 17.7 Å². The van der Waals surface area contributed by atoms with Crippen molar-refractivity contribution in [3.8, 4) is 12.1 Å². The molecule has 17 heavy (non-hydrogen) atoms. The lowest BCUT2D eigenvalue weighted by Gasteiger charge is -2.23. The Morgan fingerprint density at radius 2 is 1.76 bits per heavy atom. The van der Waals surface area contributed by atoms with Crippen LogP contribution in [0.15, 0.2) is 29.8 Å². The second-order valence-corrected chi connectivity index (χ2v) is 3.51. The van der Waals surface area contributed by atoms with Gasteiger partial charge in [0.25, 0.3) is 0 Å². The van der Waals surface area contributed by atoms with Crippen LogP contribution in [0.2, 0.25) is 0 Å². The van der Waals surface area contributed by atoms with Crippen molar-refractivity contribution in [2.75, 3.05) is 18.0 Å². The van der Waals surface area contributed by atoms with Gasteiger partial charge in [0, 0.05) is 18.8 Å². The van der Waals surface area contributed by atoms with Crippen molar-refractivity contribution >= 4 is 11.8 Å². The van der Waals surface area contributed by atoms with Crippen LogP contribution in [-0.4, -0.2) is 13.1 Å². The first-order valence-electron chi connectivity index (χ1n) is 5.62. The summed E-state index contributed by atoms with van der Waals surface area (Å²) in [5.74, 6) is 0. The number of para-hydroxylation sites is 1. The first kappa shape index (κ1) is 12.8. The van der Waals surface area contributed by atoms with E-state index in [1.165, 1.54) is 0 Å². The zero-order valence-electron chi connectivity index (χ0n) is 10.1. The molecule has 3 nitrogen and oxygen atoms in total. The Morgan fingerprint density at radius 1 is 1.18 bits per heavy atom. The van der Waals surface area contributed by atoms with E-state index in [2.05, 4.69) is 18.7 Å². The summed E-state index contributed by atoms with van der Waals surface area (Å²) in [7, 11) is 0. The third-order valence-electron chi connectivity index (χ3n) is 2.58. The molecule has 3 heteroatoms. The summed E-state index contributed by atoms with van der Waals surface area (Å²) in [6.07, 6.45) is 1.63. The van der Waals surface area contributed by atoms with E-state index in [4.69, 9.17) is 10.5 Å². The van der Waals surface area contributed by atoms with E-state index in [0.717, 1.165) is 24.3 Å². The average molecular weight is 225 g/mol. The molecule has 0 unspecified atom stereocenters. The van der Waals surface area contributed by atoms with Gasteiger partial charge in [-0.05, 0) is 31.6 Å². The maximum atomic E-state index is 8.78. The van der Waals surface area contributed by atoms with Gasteiger partial charge < -0.3 is 4.90 Å². The van der Waals surface area contributed by atoms with Gasteiger partial charge in [-0.25, -0.2) is 0 Å². The van der Waals surface area contributed by atoms with Crippen molar-refractivity contribution in [3.05, 3.63) is 35.4 Å². The first-order chi connectivity index (χ1) is 8.26. The van der Waals surface area contributed by atoms with Crippen molar-refractivity contribution in [1.29, 1.82) is 10.5 Å². The lowest BCUT2D eigenvalue weighted by Crippen LogP contribution is -2.22. The third kappa shape index (κ3) is 3.09. The van der Waals surface area contributed by atoms with E-state index in [1.807, 2.05) is 36.4 Å². The highest BCUT2D eigenvalue weighted by Crippen LogP contribution is 2.22. The number of nitriles is 2. The van der Waals surface area contributed by atoms with Crippen LogP contribution < -0.4 is 4.90 Å². The smallest absolute Gasteiger partial charge is 0.130 e. The topological polar surface area (TPSA) is 50.8 Å². The fourth-order valence-corrected chi connectivity index (χ4v) is 1.71. The van der Waals surface area contributed by atoms with Gasteiger partial charge in [-0.15, -0.1) is 0 Å². The van der Waals surface area contributed by atoms with Crippen molar-refractivity contribution in [1.82, 2.24) is 0 Å². The van der Waals surface area contributed by atoms with Crippen LogP contribution >= 0.6 is 0 Å². The van der Waals surface area contributed by atoms with Gasteiger partial charge in [0.15, 0.2) is 0 Å². The molecular formula is C14H15N3. The van der Waals surface area contributed by atoms with Crippen molar-refractivity contribution in [2.24, 2.45) is 0 Å². The molecular weight excluding hydrogens is 210 g/mol. The molecule has 0 atom stereocenters. The summed E-state index contributed by atoms with van der Waals surface area (Å²) < 4.78 is 0. The minimum atomic E-state index is 0.129. The molecule has 0 bridgehead atoms. The highest BCUT2D eigenvalue weighted by Gasteiger charge is 2.06. The minimum Gasteiger partial charge on any atom is -0.372 e. The van der Waals surface area contributed by atoms with Crippen LogP contribution in [0.3, 0.4) is 0 Å². The molecule has 1 rings (SSSR count). The number of rotatable bonds is 4. The van der Waals surface area contributed by atoms with E-state index in [0.29, 0.717) is 0 Å². The average Bonchev–Trinajstić information content (AvgIpc) is 2.39. The molecule has 0 radical (unpaired) electrons. The molecule has 0 aliphatic heterocycles. The molecule has 0 amide bonds. The molecule has 0 N–H and O–H groups in total. The second-order valence-electron chi connectivity index (χ2n) is 3.51. The predicted octanol–water partition coefficient (Wildman–Crippen LogP) is 2.96. The molecule has 1 aromatic carbocycles. The lowest BCUT2D eigenvalue weighted by atomic mass is 10.1. The van der Waals surface area contributed by atoms with Gasteiger partial charge in [-0.3, -0.25) is 0 Å². The minimum absolute atomic E-state index is 0.129. The molecule has 0 aliphatic carbocycles. The SMILES string of the molecule is CCN(CC)c1ccccc1C=C(C#N)C#N. The molecule has 0 heterocycles. The monoisotopic (exact) mass is 225 g/mol. The fraction of sp³-hybridized carbons (Fsp3) is 0.286. The van der Waals surface area contributed by atoms with Crippen LogP contribution in [-0.2, 0) is 0 Å². The zero-order chi connectivity index (χ0) is 12.7. The predicted molar refractivity (Wildman–Crippen MR) is 69.2 cm³/mol. The summed E-state index contributed by atoms with van der Waals surface area (Å²) >= 11 is 0. The molecule has 1 aromatic rings. The van der Waals surface area contributed by atoms with Crippen molar-refractivity contribution in [3.63, 3.8) is 0 Å². The number of hydrogen-bond acceptors (Lipinski definition) is 3. The highest BCUT2D eigenvalue weighted by atomic mass is 15.1. The summed E-state index contributed by atoms with van der Waals surface area (Å²) in [5, 5.41) is 17.6. The number of allylic oxidation sites excluding steroid dienone is 1. The van der Waals surface area contributed by atoms with Crippen LogP contribution in [0.1, 0.15) is 19.4 Å². The molecule has 0 aromatic heterocycles. The summed E-state index contributed by atoms with van der Waals surface area (Å²) in [6.45, 7) is 5.96. The largest absolute Gasteiger partial charge is 0.372 e. The van der Waals surface area contributed by atoms with Crippen molar-refractivity contribution < 1.29 is 0 Å². The van der Waals surface area contributed by atoms with E-state index < -0.39 is 0 Å². The zero-order valence-corrected chi connectivity index (χ0v) is 10.1. The van der Waals surface area contributed by atoms with E-state index in [-0.39, 0.29) is 5.57 Å². The summed E-state index contributed by atoms with van der Waals surface area (Å²) in [5.41, 5.74) is 2.10. The molecule has 0 saturated carbocycles. The van der Waals surface area contributed by atoms with Crippen LogP contribution in [0, 0.1) is 22.7 Å². The Labute approximate surface area is 102 Å². The van der Waals surface area contributed by atoms with Crippen LogP contribution in [0.5, 0.6) is 0 Å². The normalized spacial score (nSPS) is 8.94. The highest BCUT2D eigenvalue weighted by molar-refractivity contribution is 5.72. The Morgan fingerprint density at radius 3 is 2.29 bits per heavy atom. The van der Waals surface area contributed by atoms with Gasteiger partial charge in [0.2, 0.25) is 0 Å². The number of hydrogen-bond donors (Lipinski definition) is 0. The van der Waals surface area contributed by atoms with Gasteiger partial charge >= 0.3 is 0 Å². The fourth-order valence-electron chi connectivity index (χ4n) is 1.71. The quantitative estimate of drug-likeness (QED) is 0.740. The maximum Gasteiger partial charge on any atom is 0.130 e. The lowest BCUT2D eigenvalue weighted by molar-refractivity contribution is 0.865. The molecule has 0 saturated heterocycles. The maximum absolute atomic E-state index is 8.78. The Kier molecular flexibility index (Phi) is 4.78. The Bertz CT molecular complexity index is 469. The summed E-state index contributed by atoms with van der Waals surface area (Å²) in [6, 6.07) is 11.6. The van der Waals surface area contributed by atoms with Gasteiger partial charge in [-0.1, -0.05) is 18.2 Å². The Balaban J connectivity index is 3.22. The second kappa shape index (κ2) is 6.35. The summed E-state index contributed by atoms with van der Waals surface area (Å²) in [4.78, 5) is 2.19. The van der Waals surface area contributed by atoms with Gasteiger partial charge in [-0.2, -0.15) is 10.5 Å². The number of anilines is 1. The first-order valence-corrected chi connectivity index (χ1v) is 5.62. The molecule has 0 spiro atoms. The number of nitrogens with zero attached hydrogens (tertiary/aromatic N) is 3. The molecule has 86 valence electrons. The molecule has 0 fully saturated rings. The van der Waals surface area contributed by atoms with Crippen LogP contribution in [0.25, 0.3) is 6.08 Å². The van der Waals surface area contributed by atoms with Crippen molar-refractivity contribution in [2.45, 2.75) is 13.8 Å². The standard InChI is InChI=1S/C14H15N3/c1-3-17(4-2)14-8-6-5-7-13(14)9-12(10-15)11-16/h5-9H,3-4H2,1-2H3. The van der Waals surface area contributed by atoms with Crippen LogP contribution in [0.4, 0.5) is 5.69 Å². The third-order valence-corrected chi connectivity index (χ3v) is 2.58. The number of benzene rings is 1.